The normalized spacial score (nSPS) is 13.2. The second kappa shape index (κ2) is 5.77. The molecule has 2 aromatic carbocycles. The molecule has 21 heavy (non-hydrogen) atoms. The molecule has 0 saturated heterocycles. The minimum Gasteiger partial charge on any atom is -0.454 e. The Morgan fingerprint density at radius 2 is 2.10 bits per heavy atom. The number of nitrogens with one attached hydrogen (secondary N) is 1. The molecule has 108 valence electrons. The molecule has 4 nitrogen and oxygen atoms in total. The van der Waals surface area contributed by atoms with Gasteiger partial charge in [-0.25, -0.2) is 0 Å². The van der Waals surface area contributed by atoms with Gasteiger partial charge in [-0.3, -0.25) is 4.79 Å². The van der Waals surface area contributed by atoms with Crippen LogP contribution in [-0.4, -0.2) is 12.5 Å². The van der Waals surface area contributed by atoms with Crippen molar-refractivity contribution in [3.05, 3.63) is 52.0 Å². The van der Waals surface area contributed by atoms with Crippen LogP contribution in [0.2, 0.25) is 0 Å². The van der Waals surface area contributed by atoms with E-state index in [1.54, 1.807) is 18.2 Å². The number of para-hydroxylation sites is 1. The van der Waals surface area contributed by atoms with Crippen molar-refractivity contribution in [1.82, 2.24) is 0 Å². The van der Waals surface area contributed by atoms with Crippen LogP contribution in [0.3, 0.4) is 0 Å². The second-order valence-electron chi connectivity index (χ2n) is 4.93. The number of carbonyl (C=O) groups excluding carboxylic acids is 1. The van der Waals surface area contributed by atoms with Gasteiger partial charge in [0, 0.05) is 12.1 Å². The van der Waals surface area contributed by atoms with Crippen LogP contribution in [0.15, 0.2) is 40.9 Å². The number of primary amides is 1. The highest BCUT2D eigenvalue weighted by Gasteiger charge is 2.15. The Hall–Kier alpha value is -2.01. The van der Waals surface area contributed by atoms with Crippen molar-refractivity contribution in [2.24, 2.45) is 5.73 Å². The summed E-state index contributed by atoms with van der Waals surface area (Å²) in [7, 11) is 0. The van der Waals surface area contributed by atoms with Crippen LogP contribution in [0.5, 0.6) is 11.5 Å². The van der Waals surface area contributed by atoms with E-state index in [9.17, 15) is 4.79 Å². The van der Waals surface area contributed by atoms with Gasteiger partial charge in [0.25, 0.3) is 0 Å². The first kappa shape index (κ1) is 13.9. The Kier molecular flexibility index (Phi) is 3.84. The minimum atomic E-state index is -0.457. The summed E-state index contributed by atoms with van der Waals surface area (Å²) in [5.74, 6) is 0.988. The number of fused-ring (bicyclic) bond motifs is 1. The maximum atomic E-state index is 11.2. The summed E-state index contributed by atoms with van der Waals surface area (Å²) >= 11 is 3.42. The van der Waals surface area contributed by atoms with Crippen LogP contribution < -0.4 is 15.8 Å². The Labute approximate surface area is 131 Å². The molecule has 1 heterocycles. The summed E-state index contributed by atoms with van der Waals surface area (Å²) < 4.78 is 6.68. The number of hydrogen-bond donors (Lipinski definition) is 2. The molecule has 1 aliphatic rings. The molecule has 0 radical (unpaired) electrons. The lowest BCUT2D eigenvalue weighted by Crippen LogP contribution is -2.12. The summed E-state index contributed by atoms with van der Waals surface area (Å²) in [5, 5.41) is 3.39. The maximum Gasteiger partial charge on any atom is 0.248 e. The zero-order valence-electron chi connectivity index (χ0n) is 11.4. The first-order chi connectivity index (χ1) is 10.1. The molecule has 0 spiro atoms. The molecule has 3 rings (SSSR count). The van der Waals surface area contributed by atoms with Gasteiger partial charge in [0.1, 0.15) is 5.75 Å². The van der Waals surface area contributed by atoms with Gasteiger partial charge in [0.05, 0.1) is 10.2 Å². The van der Waals surface area contributed by atoms with Gasteiger partial charge in [-0.15, -0.1) is 0 Å². The number of halogens is 1. The molecule has 0 saturated carbocycles. The molecular formula is C16H15BrN2O2. The fourth-order valence-electron chi connectivity index (χ4n) is 2.42. The van der Waals surface area contributed by atoms with E-state index in [4.69, 9.17) is 10.5 Å². The van der Waals surface area contributed by atoms with Crippen molar-refractivity contribution in [2.45, 2.75) is 12.8 Å². The van der Waals surface area contributed by atoms with Gasteiger partial charge in [-0.1, -0.05) is 12.1 Å². The Bertz CT molecular complexity index is 701. The second-order valence-corrected chi connectivity index (χ2v) is 5.79. The van der Waals surface area contributed by atoms with Crippen molar-refractivity contribution in [1.29, 1.82) is 0 Å². The molecular weight excluding hydrogens is 332 g/mol. The van der Waals surface area contributed by atoms with Crippen molar-refractivity contribution in [3.63, 3.8) is 0 Å². The lowest BCUT2D eigenvalue weighted by molar-refractivity contribution is 0.1000. The van der Waals surface area contributed by atoms with Gasteiger partial charge in [-0.2, -0.15) is 0 Å². The fraction of sp³-hybridized carbons (Fsp3) is 0.188. The van der Waals surface area contributed by atoms with Gasteiger partial charge >= 0.3 is 0 Å². The number of benzene rings is 2. The van der Waals surface area contributed by atoms with Crippen LogP contribution in [0, 0.1) is 0 Å². The third kappa shape index (κ3) is 2.88. The summed E-state index contributed by atoms with van der Waals surface area (Å²) in [5.41, 5.74) is 8.03. The third-order valence-corrected chi connectivity index (χ3v) is 4.09. The number of rotatable bonds is 3. The van der Waals surface area contributed by atoms with E-state index in [-0.39, 0.29) is 0 Å². The van der Waals surface area contributed by atoms with Crippen molar-refractivity contribution in [2.75, 3.05) is 11.9 Å². The van der Waals surface area contributed by atoms with Gasteiger partial charge in [0.2, 0.25) is 5.91 Å². The number of aryl methyl sites for hydroxylation is 1. The highest BCUT2D eigenvalue weighted by Crippen LogP contribution is 2.37. The average Bonchev–Trinajstić information content (AvgIpc) is 2.49. The minimum absolute atomic E-state index is 0.447. The molecule has 1 amide bonds. The molecule has 1 aliphatic heterocycles. The number of nitrogens with two attached hydrogens (primary N) is 1. The molecule has 0 unspecified atom stereocenters. The third-order valence-electron chi connectivity index (χ3n) is 3.47. The number of carbonyl (C=O) groups is 1. The van der Waals surface area contributed by atoms with E-state index in [0.717, 1.165) is 30.8 Å². The summed E-state index contributed by atoms with van der Waals surface area (Å²) in [4.78, 5) is 11.2. The lowest BCUT2D eigenvalue weighted by Gasteiger charge is -2.21. The van der Waals surface area contributed by atoms with Crippen molar-refractivity contribution < 1.29 is 9.53 Å². The van der Waals surface area contributed by atoms with E-state index in [2.05, 4.69) is 27.3 Å². The van der Waals surface area contributed by atoms with Crippen LogP contribution in [0.1, 0.15) is 22.3 Å². The van der Waals surface area contributed by atoms with Crippen LogP contribution in [0.4, 0.5) is 5.69 Å². The van der Waals surface area contributed by atoms with Crippen LogP contribution in [0.25, 0.3) is 0 Å². The average molecular weight is 347 g/mol. The number of anilines is 1. The zero-order valence-corrected chi connectivity index (χ0v) is 12.9. The summed E-state index contributed by atoms with van der Waals surface area (Å²) in [6, 6.07) is 11.1. The molecule has 5 heteroatoms. The van der Waals surface area contributed by atoms with E-state index in [1.807, 2.05) is 12.1 Å². The Balaban J connectivity index is 1.92. The van der Waals surface area contributed by atoms with E-state index in [1.165, 1.54) is 5.56 Å². The molecule has 0 bridgehead atoms. The van der Waals surface area contributed by atoms with Crippen molar-refractivity contribution in [3.8, 4) is 11.5 Å². The SMILES string of the molecule is NC(=O)c1ccc(Oc2cccc3c2NCCC3)c(Br)c1. The highest BCUT2D eigenvalue weighted by atomic mass is 79.9. The van der Waals surface area contributed by atoms with Crippen LogP contribution >= 0.6 is 15.9 Å². The molecule has 0 atom stereocenters. The summed E-state index contributed by atoms with van der Waals surface area (Å²) in [6.07, 6.45) is 2.19. The van der Waals surface area contributed by atoms with Gasteiger partial charge < -0.3 is 15.8 Å². The Morgan fingerprint density at radius 3 is 2.86 bits per heavy atom. The van der Waals surface area contributed by atoms with Gasteiger partial charge in [-0.05, 0) is 58.6 Å². The number of amides is 1. The van der Waals surface area contributed by atoms with E-state index < -0.39 is 5.91 Å². The van der Waals surface area contributed by atoms with Crippen LogP contribution in [-0.2, 0) is 6.42 Å². The topological polar surface area (TPSA) is 64.4 Å². The van der Waals surface area contributed by atoms with E-state index >= 15 is 0 Å². The monoisotopic (exact) mass is 346 g/mol. The van der Waals surface area contributed by atoms with Gasteiger partial charge in [0.15, 0.2) is 5.75 Å². The number of ether oxygens (including phenoxy) is 1. The zero-order chi connectivity index (χ0) is 14.8. The predicted octanol–water partition coefficient (Wildman–Crippen LogP) is 3.70. The smallest absolute Gasteiger partial charge is 0.248 e. The molecule has 0 aromatic heterocycles. The quantitative estimate of drug-likeness (QED) is 0.890. The number of hydrogen-bond acceptors (Lipinski definition) is 3. The highest BCUT2D eigenvalue weighted by molar-refractivity contribution is 9.10. The lowest BCUT2D eigenvalue weighted by atomic mass is 10.0. The predicted molar refractivity (Wildman–Crippen MR) is 86.0 cm³/mol. The van der Waals surface area contributed by atoms with E-state index in [0.29, 0.717) is 15.8 Å². The largest absolute Gasteiger partial charge is 0.454 e. The molecule has 0 fully saturated rings. The summed E-state index contributed by atoms with van der Waals surface area (Å²) in [6.45, 7) is 0.954. The first-order valence-electron chi connectivity index (χ1n) is 6.78. The molecule has 3 N–H and O–H groups in total. The fourth-order valence-corrected chi connectivity index (χ4v) is 2.88. The van der Waals surface area contributed by atoms with Crippen molar-refractivity contribution >= 4 is 27.5 Å². The first-order valence-corrected chi connectivity index (χ1v) is 7.57. The molecule has 2 aromatic rings. The Morgan fingerprint density at radius 1 is 1.24 bits per heavy atom. The maximum absolute atomic E-state index is 11.2. The standard InChI is InChI=1S/C16H15BrN2O2/c17-12-9-11(16(18)20)6-7-13(12)21-14-5-1-3-10-4-2-8-19-15(10)14/h1,3,5-7,9,19H,2,4,8H2,(H2,18,20). The molecule has 0 aliphatic carbocycles.